The van der Waals surface area contributed by atoms with Crippen molar-refractivity contribution in [2.45, 2.75) is 26.9 Å². The first kappa shape index (κ1) is 8.38. The highest BCUT2D eigenvalue weighted by Crippen LogP contribution is 2.07. The maximum absolute atomic E-state index is 2.34. The van der Waals surface area contributed by atoms with E-state index in [4.69, 9.17) is 0 Å². The van der Waals surface area contributed by atoms with E-state index in [9.17, 15) is 0 Å². The van der Waals surface area contributed by atoms with Gasteiger partial charge in [-0.15, -0.1) is 0 Å². The molecule has 0 aliphatic heterocycles. The fourth-order valence-corrected chi connectivity index (χ4v) is 1.21. The molecule has 60 valence electrons. The number of benzene rings is 1. The third-order valence-corrected chi connectivity index (χ3v) is 2.72. The van der Waals surface area contributed by atoms with Crippen LogP contribution in [0.25, 0.3) is 0 Å². The molecule has 0 bridgehead atoms. The lowest BCUT2D eigenvalue weighted by Crippen LogP contribution is -2.39. The molecule has 1 rings (SSSR count). The van der Waals surface area contributed by atoms with Crippen LogP contribution in [0.3, 0.4) is 0 Å². The lowest BCUT2D eigenvalue weighted by atomic mass is 9.23. The predicted molar refractivity (Wildman–Crippen MR) is 54.0 cm³/mol. The molecule has 1 heteroatoms. The first-order chi connectivity index (χ1) is 5.17. The molecular weight excluding hydrogens is 131 g/mol. The first-order valence-electron chi connectivity index (χ1n) is 4.47. The molecular formula is C10H16B-. The second kappa shape index (κ2) is 3.12. The molecule has 0 fully saturated rings. The average Bonchev–Trinajstić information content (AvgIpc) is 2.06. The zero-order chi connectivity index (χ0) is 8.32. The summed E-state index contributed by atoms with van der Waals surface area (Å²) >= 11 is 0. The van der Waals surface area contributed by atoms with E-state index in [2.05, 4.69) is 50.9 Å². The molecule has 11 heavy (non-hydrogen) atoms. The molecule has 0 saturated heterocycles. The van der Waals surface area contributed by atoms with E-state index in [0.717, 1.165) is 0 Å². The van der Waals surface area contributed by atoms with Crippen LogP contribution in [0.1, 0.15) is 6.92 Å². The maximum Gasteiger partial charge on any atom is 0.0214 e. The average molecular weight is 147 g/mol. The van der Waals surface area contributed by atoms with Crippen LogP contribution >= 0.6 is 0 Å². The Morgan fingerprint density at radius 1 is 1.09 bits per heavy atom. The van der Waals surface area contributed by atoms with E-state index < -0.39 is 0 Å². The fourth-order valence-electron chi connectivity index (χ4n) is 1.21. The van der Waals surface area contributed by atoms with Crippen molar-refractivity contribution in [2.75, 3.05) is 0 Å². The van der Waals surface area contributed by atoms with Gasteiger partial charge in [-0.1, -0.05) is 37.3 Å². The molecule has 0 atom stereocenters. The minimum Gasteiger partial charge on any atom is -0.210 e. The topological polar surface area (TPSA) is 0 Å². The third kappa shape index (κ3) is 1.86. The predicted octanol–water partition coefficient (Wildman–Crippen LogP) is 2.62. The Kier molecular flexibility index (Phi) is 2.38. The van der Waals surface area contributed by atoms with Crippen LogP contribution in [0.4, 0.5) is 0 Å². The summed E-state index contributed by atoms with van der Waals surface area (Å²) in [5, 5.41) is 0. The lowest BCUT2D eigenvalue weighted by Gasteiger charge is -2.29. The van der Waals surface area contributed by atoms with Gasteiger partial charge in [-0.2, -0.15) is 20.0 Å². The van der Waals surface area contributed by atoms with Gasteiger partial charge in [0.2, 0.25) is 0 Å². The normalized spacial score (nSPS) is 11.5. The first-order valence-corrected chi connectivity index (χ1v) is 4.47. The lowest BCUT2D eigenvalue weighted by molar-refractivity contribution is 1.37. The Balaban J connectivity index is 2.93. The fraction of sp³-hybridized carbons (Fsp3) is 0.400. The van der Waals surface area contributed by atoms with Crippen molar-refractivity contribution in [3.8, 4) is 0 Å². The summed E-state index contributed by atoms with van der Waals surface area (Å²) in [4.78, 5) is 0. The summed E-state index contributed by atoms with van der Waals surface area (Å²) in [5.74, 6) is 0. The van der Waals surface area contributed by atoms with Crippen LogP contribution in [-0.4, -0.2) is 6.15 Å². The van der Waals surface area contributed by atoms with Crippen molar-refractivity contribution in [3.63, 3.8) is 0 Å². The molecule has 0 aliphatic carbocycles. The van der Waals surface area contributed by atoms with E-state index in [1.807, 2.05) is 0 Å². The molecule has 0 saturated carbocycles. The Morgan fingerprint density at radius 2 is 1.64 bits per heavy atom. The van der Waals surface area contributed by atoms with Crippen molar-refractivity contribution in [1.82, 2.24) is 0 Å². The van der Waals surface area contributed by atoms with E-state index in [1.165, 1.54) is 11.8 Å². The highest BCUT2D eigenvalue weighted by molar-refractivity contribution is 6.89. The summed E-state index contributed by atoms with van der Waals surface area (Å²) < 4.78 is 0. The Labute approximate surface area is 69.5 Å². The maximum atomic E-state index is 2.34. The van der Waals surface area contributed by atoms with Gasteiger partial charge in [-0.25, -0.2) is 5.46 Å². The summed E-state index contributed by atoms with van der Waals surface area (Å²) in [5.41, 5.74) is 1.50. The molecule has 0 aromatic heterocycles. The van der Waals surface area contributed by atoms with Crippen LogP contribution in [0, 0.1) is 0 Å². The van der Waals surface area contributed by atoms with Crippen molar-refractivity contribution in [1.29, 1.82) is 0 Å². The number of hydrogen-bond acceptors (Lipinski definition) is 0. The highest BCUT2D eigenvalue weighted by Gasteiger charge is 2.10. The second-order valence-electron chi connectivity index (χ2n) is 3.99. The standard InChI is InChI=1S/C10H16B/c1-4-11(2,3)10-8-6-5-7-9-10/h5-9H,4H2,1-3H3/q-1. The van der Waals surface area contributed by atoms with Crippen molar-refractivity contribution < 1.29 is 0 Å². The molecule has 0 spiro atoms. The monoisotopic (exact) mass is 147 g/mol. The Bertz CT molecular complexity index is 214. The minimum atomic E-state index is -0.290. The minimum absolute atomic E-state index is 0.290. The molecule has 1 aromatic rings. The quantitative estimate of drug-likeness (QED) is 0.564. The SMILES string of the molecule is CC[B-](C)(C)c1ccccc1. The zero-order valence-corrected chi connectivity index (χ0v) is 7.67. The van der Waals surface area contributed by atoms with Gasteiger partial charge in [0, 0.05) is 6.15 Å². The molecule has 0 N–H and O–H groups in total. The van der Waals surface area contributed by atoms with Crippen molar-refractivity contribution in [2.24, 2.45) is 0 Å². The highest BCUT2D eigenvalue weighted by atomic mass is 13.9. The third-order valence-electron chi connectivity index (χ3n) is 2.72. The molecule has 0 heterocycles. The van der Waals surface area contributed by atoms with E-state index in [0.29, 0.717) is 0 Å². The van der Waals surface area contributed by atoms with Gasteiger partial charge in [0.25, 0.3) is 0 Å². The summed E-state index contributed by atoms with van der Waals surface area (Å²) in [7, 11) is 0. The zero-order valence-electron chi connectivity index (χ0n) is 7.67. The van der Waals surface area contributed by atoms with Crippen LogP contribution < -0.4 is 5.46 Å². The molecule has 0 nitrogen and oxygen atoms in total. The second-order valence-corrected chi connectivity index (χ2v) is 3.99. The Hall–Kier alpha value is -0.715. The molecule has 0 unspecified atom stereocenters. The Morgan fingerprint density at radius 3 is 2.09 bits per heavy atom. The van der Waals surface area contributed by atoms with Gasteiger partial charge in [0.15, 0.2) is 0 Å². The molecule has 0 aliphatic rings. The van der Waals surface area contributed by atoms with E-state index >= 15 is 0 Å². The summed E-state index contributed by atoms with van der Waals surface area (Å²) in [6.45, 7) is 6.94. The van der Waals surface area contributed by atoms with Gasteiger partial charge in [-0.05, 0) is 0 Å². The van der Waals surface area contributed by atoms with E-state index in [1.54, 1.807) is 0 Å². The largest absolute Gasteiger partial charge is 0.210 e. The van der Waals surface area contributed by atoms with Gasteiger partial charge in [0.1, 0.15) is 0 Å². The van der Waals surface area contributed by atoms with Crippen molar-refractivity contribution in [3.05, 3.63) is 30.3 Å². The van der Waals surface area contributed by atoms with Crippen LogP contribution in [0.5, 0.6) is 0 Å². The van der Waals surface area contributed by atoms with Crippen LogP contribution in [-0.2, 0) is 0 Å². The summed E-state index contributed by atoms with van der Waals surface area (Å²) in [6, 6.07) is 10.8. The number of hydrogen-bond donors (Lipinski definition) is 0. The van der Waals surface area contributed by atoms with Gasteiger partial charge in [0.05, 0.1) is 0 Å². The van der Waals surface area contributed by atoms with Crippen LogP contribution in [0.2, 0.25) is 20.0 Å². The van der Waals surface area contributed by atoms with Crippen molar-refractivity contribution >= 4 is 11.6 Å². The summed E-state index contributed by atoms with van der Waals surface area (Å²) in [6.07, 6.45) is 0.964. The van der Waals surface area contributed by atoms with E-state index in [-0.39, 0.29) is 6.15 Å². The number of rotatable bonds is 2. The molecule has 0 amide bonds. The van der Waals surface area contributed by atoms with Crippen LogP contribution in [0.15, 0.2) is 30.3 Å². The van der Waals surface area contributed by atoms with Gasteiger partial charge >= 0.3 is 0 Å². The smallest absolute Gasteiger partial charge is 0.0214 e. The van der Waals surface area contributed by atoms with Gasteiger partial charge < -0.3 is 0 Å². The van der Waals surface area contributed by atoms with Gasteiger partial charge in [-0.3, -0.25) is 0 Å². The molecule has 0 radical (unpaired) electrons. The molecule has 1 aromatic carbocycles.